The van der Waals surface area contributed by atoms with Crippen LogP contribution in [0.2, 0.25) is 19.6 Å². The van der Waals surface area contributed by atoms with E-state index in [1.165, 1.54) is 0 Å². The van der Waals surface area contributed by atoms with Gasteiger partial charge in [-0.1, -0.05) is 0 Å². The lowest BCUT2D eigenvalue weighted by molar-refractivity contribution is -0.122. The van der Waals surface area contributed by atoms with Gasteiger partial charge in [0.15, 0.2) is 8.32 Å². The van der Waals surface area contributed by atoms with E-state index in [0.29, 0.717) is 0 Å². The van der Waals surface area contributed by atoms with Crippen molar-refractivity contribution in [3.63, 3.8) is 0 Å². The Balaban J connectivity index is 4.12. The van der Waals surface area contributed by atoms with Gasteiger partial charge in [0, 0.05) is 6.04 Å². The van der Waals surface area contributed by atoms with E-state index < -0.39 is 14.4 Å². The largest absolute Gasteiger partial charge is 0.402 e. The van der Waals surface area contributed by atoms with E-state index in [1.807, 2.05) is 39.6 Å². The van der Waals surface area contributed by atoms with Crippen molar-refractivity contribution in [2.75, 3.05) is 0 Å². The van der Waals surface area contributed by atoms with Gasteiger partial charge in [-0.25, -0.2) is 0 Å². The lowest BCUT2D eigenvalue weighted by Crippen LogP contribution is -2.37. The van der Waals surface area contributed by atoms with Crippen LogP contribution in [-0.4, -0.2) is 26.4 Å². The van der Waals surface area contributed by atoms with Crippen LogP contribution in [0.25, 0.3) is 0 Å². The van der Waals surface area contributed by atoms with E-state index in [2.05, 4.69) is 5.32 Å². The summed E-state index contributed by atoms with van der Waals surface area (Å²) >= 11 is 0. The lowest BCUT2D eigenvalue weighted by Gasteiger charge is -2.21. The summed E-state index contributed by atoms with van der Waals surface area (Å²) in [5.41, 5.74) is 0. The summed E-state index contributed by atoms with van der Waals surface area (Å²) in [5, 5.41) is 11.6. The van der Waals surface area contributed by atoms with Crippen molar-refractivity contribution in [1.29, 1.82) is 5.26 Å². The highest BCUT2D eigenvalue weighted by atomic mass is 28.4. The van der Waals surface area contributed by atoms with Crippen LogP contribution in [0.1, 0.15) is 20.3 Å². The fourth-order valence-electron chi connectivity index (χ4n) is 1.09. The first-order chi connectivity index (χ1) is 6.74. The molecule has 1 atom stereocenters. The second-order valence-corrected chi connectivity index (χ2v) is 9.23. The Kier molecular flexibility index (Phi) is 5.54. The molecular formula is C10H20N2O2Si. The van der Waals surface area contributed by atoms with Gasteiger partial charge >= 0.3 is 0 Å². The number of nitrogens with one attached hydrogen (secondary N) is 1. The number of amides is 1. The highest BCUT2D eigenvalue weighted by Gasteiger charge is 2.23. The Morgan fingerprint density at radius 1 is 1.47 bits per heavy atom. The molecule has 0 aliphatic rings. The van der Waals surface area contributed by atoms with Crippen LogP contribution < -0.4 is 5.32 Å². The highest BCUT2D eigenvalue weighted by Crippen LogP contribution is 2.09. The van der Waals surface area contributed by atoms with E-state index in [9.17, 15) is 4.79 Å². The van der Waals surface area contributed by atoms with Crippen molar-refractivity contribution in [2.24, 2.45) is 0 Å². The molecule has 0 aromatic carbocycles. The molecule has 0 rings (SSSR count). The zero-order valence-electron chi connectivity index (χ0n) is 10.1. The number of carbonyl (C=O) groups excluding carboxylic acids is 1. The van der Waals surface area contributed by atoms with E-state index in [-0.39, 0.29) is 18.4 Å². The van der Waals surface area contributed by atoms with Crippen molar-refractivity contribution >= 4 is 14.2 Å². The molecule has 86 valence electrons. The molecule has 15 heavy (non-hydrogen) atoms. The number of rotatable bonds is 5. The molecule has 1 unspecified atom stereocenters. The second-order valence-electron chi connectivity index (χ2n) is 4.77. The SMILES string of the molecule is CC(C)NC(=O)CC(C#N)O[Si](C)(C)C. The van der Waals surface area contributed by atoms with Gasteiger partial charge in [-0.15, -0.1) is 0 Å². The molecule has 4 nitrogen and oxygen atoms in total. The van der Waals surface area contributed by atoms with Crippen LogP contribution >= 0.6 is 0 Å². The smallest absolute Gasteiger partial charge is 0.223 e. The summed E-state index contributed by atoms with van der Waals surface area (Å²) in [7, 11) is -1.75. The lowest BCUT2D eigenvalue weighted by atomic mass is 10.2. The van der Waals surface area contributed by atoms with Gasteiger partial charge in [0.05, 0.1) is 12.5 Å². The Bertz CT molecular complexity index is 253. The van der Waals surface area contributed by atoms with Gasteiger partial charge in [-0.2, -0.15) is 5.26 Å². The van der Waals surface area contributed by atoms with Crippen LogP contribution in [0.3, 0.4) is 0 Å². The van der Waals surface area contributed by atoms with Crippen molar-refractivity contribution < 1.29 is 9.22 Å². The maximum Gasteiger partial charge on any atom is 0.223 e. The summed E-state index contributed by atoms with van der Waals surface area (Å²) in [6, 6.07) is 2.12. The average Bonchev–Trinajstić information content (AvgIpc) is 1.98. The van der Waals surface area contributed by atoms with E-state index in [1.54, 1.807) is 0 Å². The second kappa shape index (κ2) is 5.88. The first-order valence-electron chi connectivity index (χ1n) is 5.11. The number of carbonyl (C=O) groups is 1. The van der Waals surface area contributed by atoms with Gasteiger partial charge in [-0.05, 0) is 33.5 Å². The minimum absolute atomic E-state index is 0.101. The average molecular weight is 228 g/mol. The minimum Gasteiger partial charge on any atom is -0.402 e. The Labute approximate surface area is 92.7 Å². The molecule has 0 saturated heterocycles. The van der Waals surface area contributed by atoms with Crippen LogP contribution in [-0.2, 0) is 9.22 Å². The van der Waals surface area contributed by atoms with Crippen LogP contribution in [0.4, 0.5) is 0 Å². The van der Waals surface area contributed by atoms with E-state index in [0.717, 1.165) is 0 Å². The molecule has 0 aliphatic carbocycles. The number of hydrogen-bond donors (Lipinski definition) is 1. The molecule has 0 aromatic heterocycles. The summed E-state index contributed by atoms with van der Waals surface area (Å²) < 4.78 is 5.56. The van der Waals surface area contributed by atoms with Gasteiger partial charge in [0.1, 0.15) is 6.10 Å². The Morgan fingerprint density at radius 3 is 2.33 bits per heavy atom. The molecule has 1 N–H and O–H groups in total. The maximum absolute atomic E-state index is 11.4. The van der Waals surface area contributed by atoms with Crippen molar-refractivity contribution in [1.82, 2.24) is 5.32 Å². The third-order valence-corrected chi connectivity index (χ3v) is 2.45. The van der Waals surface area contributed by atoms with Gasteiger partial charge in [0.2, 0.25) is 5.91 Å². The van der Waals surface area contributed by atoms with Gasteiger partial charge in [0.25, 0.3) is 0 Å². The molecule has 0 aromatic rings. The number of nitrogens with zero attached hydrogens (tertiary/aromatic N) is 1. The number of hydrogen-bond acceptors (Lipinski definition) is 3. The zero-order chi connectivity index (χ0) is 12.1. The zero-order valence-corrected chi connectivity index (χ0v) is 11.1. The van der Waals surface area contributed by atoms with Gasteiger partial charge in [-0.3, -0.25) is 4.79 Å². The Morgan fingerprint density at radius 2 is 2.00 bits per heavy atom. The number of nitriles is 1. The first-order valence-corrected chi connectivity index (χ1v) is 8.52. The van der Waals surface area contributed by atoms with Crippen LogP contribution in [0.5, 0.6) is 0 Å². The molecule has 0 fully saturated rings. The molecule has 0 radical (unpaired) electrons. The molecule has 0 aliphatic heterocycles. The standard InChI is InChI=1S/C10H20N2O2Si/c1-8(2)12-10(13)6-9(7-11)14-15(3,4)5/h8-9H,6H2,1-5H3,(H,12,13). The minimum atomic E-state index is -1.75. The third-order valence-electron chi connectivity index (χ3n) is 1.46. The van der Waals surface area contributed by atoms with Gasteiger partial charge < -0.3 is 9.74 Å². The monoisotopic (exact) mass is 228 g/mol. The van der Waals surface area contributed by atoms with Crippen LogP contribution in [0.15, 0.2) is 0 Å². The molecule has 5 heteroatoms. The van der Waals surface area contributed by atoms with Crippen molar-refractivity contribution in [2.45, 2.75) is 52.1 Å². The van der Waals surface area contributed by atoms with Crippen LogP contribution in [0, 0.1) is 11.3 Å². The fraction of sp³-hybridized carbons (Fsp3) is 0.800. The summed E-state index contributed by atoms with van der Waals surface area (Å²) in [4.78, 5) is 11.4. The molecular weight excluding hydrogens is 208 g/mol. The Hall–Kier alpha value is -0.863. The first kappa shape index (κ1) is 14.1. The molecule has 0 saturated carbocycles. The third kappa shape index (κ3) is 8.15. The summed E-state index contributed by atoms with van der Waals surface area (Å²) in [6.45, 7) is 9.77. The van der Waals surface area contributed by atoms with E-state index in [4.69, 9.17) is 9.69 Å². The van der Waals surface area contributed by atoms with Crippen molar-refractivity contribution in [3.8, 4) is 6.07 Å². The fourth-order valence-corrected chi connectivity index (χ4v) is 2.08. The summed E-state index contributed by atoms with van der Waals surface area (Å²) in [6.07, 6.45) is -0.491. The summed E-state index contributed by atoms with van der Waals surface area (Å²) in [5.74, 6) is -0.130. The predicted molar refractivity (Wildman–Crippen MR) is 61.7 cm³/mol. The molecule has 1 amide bonds. The topological polar surface area (TPSA) is 62.1 Å². The van der Waals surface area contributed by atoms with E-state index >= 15 is 0 Å². The maximum atomic E-state index is 11.4. The molecule has 0 bridgehead atoms. The quantitative estimate of drug-likeness (QED) is 0.728. The highest BCUT2D eigenvalue weighted by molar-refractivity contribution is 6.69. The van der Waals surface area contributed by atoms with Crippen molar-refractivity contribution in [3.05, 3.63) is 0 Å². The molecule has 0 spiro atoms. The predicted octanol–water partition coefficient (Wildman–Crippen LogP) is 1.64. The molecule has 0 heterocycles. The normalized spacial score (nSPS) is 13.4.